The van der Waals surface area contributed by atoms with Crippen LogP contribution in [-0.2, 0) is 35.9 Å². The maximum atomic E-state index is 12.2. The number of H-pyrrole nitrogens is 1. The summed E-state index contributed by atoms with van der Waals surface area (Å²) in [5, 5.41) is 20.4. The van der Waals surface area contributed by atoms with Crippen molar-refractivity contribution in [3.63, 3.8) is 0 Å². The van der Waals surface area contributed by atoms with Gasteiger partial charge in [0.2, 0.25) is 0 Å². The van der Waals surface area contributed by atoms with Crippen LogP contribution in [0.4, 0.5) is 0 Å². The number of aliphatic hydroxyl groups is 2. The van der Waals surface area contributed by atoms with Gasteiger partial charge in [-0.3, -0.25) is 18.9 Å². The largest absolute Gasteiger partial charge is 0.492 e. The van der Waals surface area contributed by atoms with E-state index in [-0.39, 0.29) is 10.3 Å². The van der Waals surface area contributed by atoms with Crippen molar-refractivity contribution in [3.05, 3.63) is 26.9 Å². The number of hydrogen-bond donors (Lipinski definition) is 5. The minimum absolute atomic E-state index is 0.121. The van der Waals surface area contributed by atoms with Crippen LogP contribution in [0.1, 0.15) is 11.8 Å². The fourth-order valence-corrected chi connectivity index (χ4v) is 7.70. The standard InChI is InChI=1S/C10H15N2O13P3S/c1-4-2-12(10(29)11-8(4)15)9-7(14)6(13)5(22-9)3-21-28(20)24-26(16,17)23-27(18,19)25-28/h2,5-7,9,13-14H,3H2,1H3,(H,16,17)(H,18,19)(H,11,15,29)/t5-,6+,7?,9-/m1/s1. The first kappa shape index (κ1) is 23.1. The molecule has 6 atom stereocenters. The zero-order chi connectivity index (χ0) is 21.8. The Morgan fingerprint density at radius 2 is 1.76 bits per heavy atom. The van der Waals surface area contributed by atoms with Crippen molar-refractivity contribution in [1.29, 1.82) is 0 Å². The predicted molar refractivity (Wildman–Crippen MR) is 93.0 cm³/mol. The Labute approximate surface area is 166 Å². The van der Waals surface area contributed by atoms with Gasteiger partial charge >= 0.3 is 23.5 Å². The molecule has 0 aromatic carbocycles. The van der Waals surface area contributed by atoms with E-state index in [1.807, 2.05) is 0 Å². The average molecular weight is 496 g/mol. The Morgan fingerprint density at radius 1 is 1.17 bits per heavy atom. The highest BCUT2D eigenvalue weighted by atomic mass is 32.1. The number of nitrogens with zero attached hydrogens (tertiary/aromatic N) is 1. The summed E-state index contributed by atoms with van der Waals surface area (Å²) in [5.41, 5.74) is -0.234. The van der Waals surface area contributed by atoms with Gasteiger partial charge in [0.1, 0.15) is 18.3 Å². The first-order valence-corrected chi connectivity index (χ1v) is 12.5. The van der Waals surface area contributed by atoms with Crippen LogP contribution in [0.2, 0.25) is 0 Å². The Bertz CT molecular complexity index is 1040. The van der Waals surface area contributed by atoms with Crippen LogP contribution in [0.5, 0.6) is 0 Å². The lowest BCUT2D eigenvalue weighted by Gasteiger charge is -2.27. The van der Waals surface area contributed by atoms with Gasteiger partial charge in [0.25, 0.3) is 5.56 Å². The first-order chi connectivity index (χ1) is 13.2. The van der Waals surface area contributed by atoms with E-state index in [0.717, 1.165) is 4.57 Å². The van der Waals surface area contributed by atoms with E-state index in [1.165, 1.54) is 13.1 Å². The van der Waals surface area contributed by atoms with Crippen molar-refractivity contribution in [2.75, 3.05) is 6.61 Å². The summed E-state index contributed by atoms with van der Waals surface area (Å²) in [5.74, 6) is 0. The van der Waals surface area contributed by atoms with Crippen LogP contribution in [0, 0.1) is 11.7 Å². The lowest BCUT2D eigenvalue weighted by Crippen LogP contribution is -2.34. The van der Waals surface area contributed by atoms with Crippen LogP contribution in [0.15, 0.2) is 11.0 Å². The number of aromatic amines is 1. The molecule has 3 rings (SSSR count). The highest BCUT2D eigenvalue weighted by Gasteiger charge is 2.55. The normalized spacial score (nSPS) is 42.8. The number of aromatic nitrogens is 2. The Morgan fingerprint density at radius 3 is 2.34 bits per heavy atom. The van der Waals surface area contributed by atoms with E-state index in [2.05, 4.69) is 22.4 Å². The van der Waals surface area contributed by atoms with E-state index in [0.29, 0.717) is 0 Å². The molecule has 3 unspecified atom stereocenters. The van der Waals surface area contributed by atoms with Crippen LogP contribution in [0.3, 0.4) is 0 Å². The molecule has 2 saturated heterocycles. The van der Waals surface area contributed by atoms with Gasteiger partial charge in [-0.05, 0) is 19.1 Å². The van der Waals surface area contributed by atoms with Gasteiger partial charge in [-0.2, -0.15) is 12.9 Å². The number of rotatable bonds is 4. The zero-order valence-electron chi connectivity index (χ0n) is 14.3. The van der Waals surface area contributed by atoms with Crippen LogP contribution >= 0.6 is 35.7 Å². The predicted octanol–water partition coefficient (Wildman–Crippen LogP) is 0.222. The number of nitrogens with one attached hydrogen (secondary N) is 1. The maximum absolute atomic E-state index is 12.2. The van der Waals surface area contributed by atoms with Crippen LogP contribution in [0.25, 0.3) is 0 Å². The van der Waals surface area contributed by atoms with Crippen molar-refractivity contribution >= 4 is 35.7 Å². The number of aliphatic hydroxyl groups excluding tert-OH is 2. The Balaban J connectivity index is 1.76. The first-order valence-electron chi connectivity index (χ1n) is 7.60. The van der Waals surface area contributed by atoms with Gasteiger partial charge in [-0.15, -0.1) is 0 Å². The molecule has 2 fully saturated rings. The SMILES string of the molecule is Cc1cn([C@@H]2O[C@H](COP3(=O)OP(=O)(O)OP(=O)(O)O3)[C@H](O)C2O)c(=S)[nH]c1=O. The molecule has 3 heterocycles. The van der Waals surface area contributed by atoms with E-state index in [1.54, 1.807) is 0 Å². The number of ether oxygens (including phenoxy) is 1. The summed E-state index contributed by atoms with van der Waals surface area (Å²) >= 11 is 4.99. The second kappa shape index (κ2) is 7.84. The topological polar surface area (TPSA) is 216 Å². The van der Waals surface area contributed by atoms with Crippen molar-refractivity contribution in [2.45, 2.75) is 31.5 Å². The van der Waals surface area contributed by atoms with E-state index < -0.39 is 60.2 Å². The second-order valence-electron chi connectivity index (χ2n) is 5.95. The molecule has 164 valence electrons. The second-order valence-corrected chi connectivity index (χ2v) is 11.3. The van der Waals surface area contributed by atoms with E-state index in [4.69, 9.17) is 17.0 Å². The summed E-state index contributed by atoms with van der Waals surface area (Å²) in [6.07, 6.45) is -4.62. The molecule has 5 N–H and O–H groups in total. The summed E-state index contributed by atoms with van der Waals surface area (Å²) in [7, 11) is -15.5. The van der Waals surface area contributed by atoms with E-state index in [9.17, 15) is 38.5 Å². The molecule has 29 heavy (non-hydrogen) atoms. The number of hydrogen-bond acceptors (Lipinski definition) is 12. The minimum Gasteiger partial charge on any atom is -0.387 e. The van der Waals surface area contributed by atoms with Gasteiger partial charge in [0, 0.05) is 11.8 Å². The highest BCUT2D eigenvalue weighted by Crippen LogP contribution is 2.80. The molecule has 1 aromatic rings. The third-order valence-corrected chi connectivity index (χ3v) is 9.45. The average Bonchev–Trinajstić information content (AvgIpc) is 2.81. The van der Waals surface area contributed by atoms with Gasteiger partial charge in [0.05, 0.1) is 6.61 Å². The van der Waals surface area contributed by atoms with E-state index >= 15 is 0 Å². The third kappa shape index (κ3) is 5.02. The molecule has 0 aliphatic carbocycles. The summed E-state index contributed by atoms with van der Waals surface area (Å²) in [6.45, 7) is 0.607. The Kier molecular flexibility index (Phi) is 6.25. The third-order valence-electron chi connectivity index (χ3n) is 3.77. The molecule has 2 aliphatic heterocycles. The molecule has 0 spiro atoms. The van der Waals surface area contributed by atoms with Crippen LogP contribution < -0.4 is 5.56 Å². The molecule has 15 nitrogen and oxygen atoms in total. The molecular formula is C10H15N2O13P3S. The molecule has 1 aromatic heterocycles. The smallest absolute Gasteiger partial charge is 0.387 e. The molecule has 0 radical (unpaired) electrons. The van der Waals surface area contributed by atoms with Crippen LogP contribution in [-0.4, -0.2) is 54.5 Å². The fraction of sp³-hybridized carbons (Fsp3) is 0.600. The lowest BCUT2D eigenvalue weighted by atomic mass is 10.1. The molecule has 2 aliphatic rings. The molecule has 0 bridgehead atoms. The lowest BCUT2D eigenvalue weighted by molar-refractivity contribution is -0.0537. The number of phosphoric acid groups is 3. The highest BCUT2D eigenvalue weighted by molar-refractivity contribution is 7.74. The van der Waals surface area contributed by atoms with Crippen molar-refractivity contribution in [1.82, 2.24) is 9.55 Å². The molecule has 0 amide bonds. The summed E-state index contributed by atoms with van der Waals surface area (Å²) in [4.78, 5) is 32.3. The van der Waals surface area contributed by atoms with Gasteiger partial charge in [0.15, 0.2) is 11.0 Å². The van der Waals surface area contributed by atoms with Crippen molar-refractivity contribution < 1.29 is 55.9 Å². The maximum Gasteiger partial charge on any atom is 0.492 e. The zero-order valence-corrected chi connectivity index (χ0v) is 17.8. The number of aryl methyl sites for hydroxylation is 1. The van der Waals surface area contributed by atoms with Gasteiger partial charge in [-0.25, -0.2) is 13.7 Å². The van der Waals surface area contributed by atoms with Crippen molar-refractivity contribution in [3.8, 4) is 0 Å². The fourth-order valence-electron chi connectivity index (χ4n) is 2.51. The summed E-state index contributed by atoms with van der Waals surface area (Å²) in [6, 6.07) is 0. The Hall–Kier alpha value is -0.570. The summed E-state index contributed by atoms with van der Waals surface area (Å²) < 4.78 is 58.0. The molecular weight excluding hydrogens is 481 g/mol. The monoisotopic (exact) mass is 496 g/mol. The minimum atomic E-state index is -5.23. The molecule has 19 heteroatoms. The molecule has 0 saturated carbocycles. The quantitative estimate of drug-likeness (QED) is 0.278. The van der Waals surface area contributed by atoms with Gasteiger partial charge < -0.3 is 24.7 Å². The van der Waals surface area contributed by atoms with Gasteiger partial charge in [-0.1, -0.05) is 0 Å². The van der Waals surface area contributed by atoms with Crippen molar-refractivity contribution in [2.24, 2.45) is 0 Å².